The molecule has 0 amide bonds. The molecule has 94 valence electrons. The molecule has 0 unspecified atom stereocenters. The average Bonchev–Trinajstić information content (AvgIpc) is 2.77. The molecule has 0 saturated carbocycles. The van der Waals surface area contributed by atoms with E-state index in [9.17, 15) is 4.79 Å². The quantitative estimate of drug-likeness (QED) is 0.827. The van der Waals surface area contributed by atoms with Crippen molar-refractivity contribution in [3.63, 3.8) is 0 Å². The highest BCUT2D eigenvalue weighted by atomic mass is 16.5. The molecule has 1 aliphatic rings. The Hall–Kier alpha value is -2.03. The van der Waals surface area contributed by atoms with Crippen molar-refractivity contribution >= 4 is 11.5 Å². The summed E-state index contributed by atoms with van der Waals surface area (Å²) in [5.41, 5.74) is 3.15. The molecule has 3 nitrogen and oxygen atoms in total. The highest BCUT2D eigenvalue weighted by molar-refractivity contribution is 5.83. The molecule has 1 N–H and O–H groups in total. The number of aliphatic carboxylic acids is 1. The smallest absolute Gasteiger partial charge is 0.328 e. The summed E-state index contributed by atoms with van der Waals surface area (Å²) in [4.78, 5) is 10.6. The first kappa shape index (κ1) is 12.4. The standard InChI is InChI=1S/C15H16O3/c1-2-18-14-5-3-4-12(10-14)13-7-6-11(8-13)9-15(16)17/h3-5,8-10H,2,6-7H2,1H3,(H,16,17)/b11-9+. The van der Waals surface area contributed by atoms with Crippen LogP contribution in [0.15, 0.2) is 42.0 Å². The molecule has 1 aromatic carbocycles. The van der Waals surface area contributed by atoms with Gasteiger partial charge in [0, 0.05) is 6.08 Å². The zero-order valence-electron chi connectivity index (χ0n) is 10.3. The van der Waals surface area contributed by atoms with Crippen molar-refractivity contribution in [3.05, 3.63) is 47.6 Å². The van der Waals surface area contributed by atoms with Gasteiger partial charge in [-0.2, -0.15) is 0 Å². The van der Waals surface area contributed by atoms with E-state index in [2.05, 4.69) is 0 Å². The fourth-order valence-electron chi connectivity index (χ4n) is 2.10. The van der Waals surface area contributed by atoms with Gasteiger partial charge in [0.1, 0.15) is 5.75 Å². The van der Waals surface area contributed by atoms with Gasteiger partial charge >= 0.3 is 5.97 Å². The number of allylic oxidation sites excluding steroid dienone is 3. The third-order valence-corrected chi connectivity index (χ3v) is 2.87. The second-order valence-corrected chi connectivity index (χ2v) is 4.19. The molecule has 0 aromatic heterocycles. The largest absolute Gasteiger partial charge is 0.494 e. The Labute approximate surface area is 106 Å². The molecule has 0 spiro atoms. The van der Waals surface area contributed by atoms with Gasteiger partial charge in [-0.25, -0.2) is 4.79 Å². The summed E-state index contributed by atoms with van der Waals surface area (Å²) in [6.07, 6.45) is 4.91. The summed E-state index contributed by atoms with van der Waals surface area (Å²) in [5, 5.41) is 8.72. The summed E-state index contributed by atoms with van der Waals surface area (Å²) in [5.74, 6) is -0.0304. The lowest BCUT2D eigenvalue weighted by atomic mass is 10.1. The van der Waals surface area contributed by atoms with E-state index in [-0.39, 0.29) is 0 Å². The number of ether oxygens (including phenoxy) is 1. The molecule has 3 heteroatoms. The van der Waals surface area contributed by atoms with Crippen LogP contribution in [0.1, 0.15) is 25.3 Å². The van der Waals surface area contributed by atoms with Gasteiger partial charge in [0.2, 0.25) is 0 Å². The van der Waals surface area contributed by atoms with Crippen LogP contribution < -0.4 is 4.74 Å². The molecule has 0 bridgehead atoms. The van der Waals surface area contributed by atoms with Crippen LogP contribution in [0.3, 0.4) is 0 Å². The third kappa shape index (κ3) is 3.00. The Balaban J connectivity index is 2.22. The molecule has 0 saturated heterocycles. The molecule has 1 aromatic rings. The van der Waals surface area contributed by atoms with Crippen LogP contribution in [-0.2, 0) is 4.79 Å². The van der Waals surface area contributed by atoms with Crippen LogP contribution in [0.4, 0.5) is 0 Å². The van der Waals surface area contributed by atoms with E-state index >= 15 is 0 Å². The number of carboxylic acids is 1. The number of hydrogen-bond donors (Lipinski definition) is 1. The van der Waals surface area contributed by atoms with E-state index < -0.39 is 5.97 Å². The predicted octanol–water partition coefficient (Wildman–Crippen LogP) is 3.27. The van der Waals surface area contributed by atoms with Crippen molar-refractivity contribution in [1.82, 2.24) is 0 Å². The monoisotopic (exact) mass is 244 g/mol. The summed E-state index contributed by atoms with van der Waals surface area (Å²) in [7, 11) is 0. The van der Waals surface area contributed by atoms with Crippen LogP contribution in [0.2, 0.25) is 0 Å². The first-order valence-electron chi connectivity index (χ1n) is 6.06. The minimum atomic E-state index is -0.884. The number of benzene rings is 1. The van der Waals surface area contributed by atoms with Crippen molar-refractivity contribution in [1.29, 1.82) is 0 Å². The van der Waals surface area contributed by atoms with E-state index in [0.29, 0.717) is 6.61 Å². The van der Waals surface area contributed by atoms with Crippen LogP contribution >= 0.6 is 0 Å². The Morgan fingerprint density at radius 2 is 2.28 bits per heavy atom. The van der Waals surface area contributed by atoms with E-state index in [1.165, 1.54) is 11.6 Å². The first-order chi connectivity index (χ1) is 8.69. The lowest BCUT2D eigenvalue weighted by molar-refractivity contribution is -0.131. The van der Waals surface area contributed by atoms with Crippen LogP contribution in [-0.4, -0.2) is 17.7 Å². The van der Waals surface area contributed by atoms with E-state index in [1.54, 1.807) is 0 Å². The Kier molecular flexibility index (Phi) is 3.82. The zero-order chi connectivity index (χ0) is 13.0. The van der Waals surface area contributed by atoms with Gasteiger partial charge in [-0.05, 0) is 48.6 Å². The predicted molar refractivity (Wildman–Crippen MR) is 70.5 cm³/mol. The van der Waals surface area contributed by atoms with Gasteiger partial charge in [-0.1, -0.05) is 18.2 Å². The summed E-state index contributed by atoms with van der Waals surface area (Å²) in [6.45, 7) is 2.60. The Bertz CT molecular complexity index is 512. The molecule has 0 fully saturated rings. The minimum Gasteiger partial charge on any atom is -0.494 e. The fraction of sp³-hybridized carbons (Fsp3) is 0.267. The molecule has 0 aliphatic heterocycles. The second-order valence-electron chi connectivity index (χ2n) is 4.19. The zero-order valence-corrected chi connectivity index (χ0v) is 10.3. The summed E-state index contributed by atoms with van der Waals surface area (Å²) >= 11 is 0. The average molecular weight is 244 g/mol. The number of carbonyl (C=O) groups is 1. The molecular weight excluding hydrogens is 228 g/mol. The summed E-state index contributed by atoms with van der Waals surface area (Å²) < 4.78 is 5.46. The van der Waals surface area contributed by atoms with Gasteiger partial charge < -0.3 is 9.84 Å². The van der Waals surface area contributed by atoms with Gasteiger partial charge in [0.05, 0.1) is 6.61 Å². The third-order valence-electron chi connectivity index (χ3n) is 2.87. The molecule has 2 rings (SSSR count). The molecule has 1 aliphatic carbocycles. The van der Waals surface area contributed by atoms with Gasteiger partial charge in [0.15, 0.2) is 0 Å². The molecule has 0 atom stereocenters. The van der Waals surface area contributed by atoms with Crippen LogP contribution in [0, 0.1) is 0 Å². The fourth-order valence-corrected chi connectivity index (χ4v) is 2.10. The van der Waals surface area contributed by atoms with Gasteiger partial charge in [-0.3, -0.25) is 0 Å². The molecule has 0 heterocycles. The van der Waals surface area contributed by atoms with Crippen molar-refractivity contribution in [3.8, 4) is 5.75 Å². The van der Waals surface area contributed by atoms with E-state index in [4.69, 9.17) is 9.84 Å². The summed E-state index contributed by atoms with van der Waals surface area (Å²) in [6, 6.07) is 7.91. The van der Waals surface area contributed by atoms with Crippen molar-refractivity contribution in [2.45, 2.75) is 19.8 Å². The second kappa shape index (κ2) is 5.54. The number of hydrogen-bond acceptors (Lipinski definition) is 2. The molecular formula is C15H16O3. The maximum Gasteiger partial charge on any atom is 0.328 e. The maximum atomic E-state index is 10.6. The van der Waals surface area contributed by atoms with E-state index in [1.807, 2.05) is 37.3 Å². The van der Waals surface area contributed by atoms with Crippen molar-refractivity contribution in [2.24, 2.45) is 0 Å². The number of carboxylic acid groups (broad SMARTS) is 1. The van der Waals surface area contributed by atoms with E-state index in [0.717, 1.165) is 29.7 Å². The topological polar surface area (TPSA) is 46.5 Å². The molecule has 0 radical (unpaired) electrons. The van der Waals surface area contributed by atoms with Gasteiger partial charge in [0.25, 0.3) is 0 Å². The number of rotatable bonds is 4. The Morgan fingerprint density at radius 3 is 3.00 bits per heavy atom. The Morgan fingerprint density at radius 1 is 1.44 bits per heavy atom. The van der Waals surface area contributed by atoms with Crippen molar-refractivity contribution < 1.29 is 14.6 Å². The van der Waals surface area contributed by atoms with Crippen LogP contribution in [0.5, 0.6) is 5.75 Å². The normalized spacial score (nSPS) is 16.7. The SMILES string of the molecule is CCOc1cccc(C2=C/C(=C/C(=O)O)CC2)c1. The van der Waals surface area contributed by atoms with Crippen molar-refractivity contribution in [2.75, 3.05) is 6.61 Å². The highest BCUT2D eigenvalue weighted by Crippen LogP contribution is 2.32. The molecule has 18 heavy (non-hydrogen) atoms. The lowest BCUT2D eigenvalue weighted by Crippen LogP contribution is -1.91. The maximum absolute atomic E-state index is 10.6. The van der Waals surface area contributed by atoms with Crippen LogP contribution in [0.25, 0.3) is 5.57 Å². The highest BCUT2D eigenvalue weighted by Gasteiger charge is 2.12. The first-order valence-corrected chi connectivity index (χ1v) is 6.06. The van der Waals surface area contributed by atoms with Gasteiger partial charge in [-0.15, -0.1) is 0 Å². The lowest BCUT2D eigenvalue weighted by Gasteiger charge is -2.06. The minimum absolute atomic E-state index is 0.646.